The third-order valence-electron chi connectivity index (χ3n) is 2.61. The van der Waals surface area contributed by atoms with Gasteiger partial charge in [-0.3, -0.25) is 4.98 Å². The van der Waals surface area contributed by atoms with Crippen LogP contribution in [0, 0.1) is 6.92 Å². The quantitative estimate of drug-likeness (QED) is 0.664. The van der Waals surface area contributed by atoms with E-state index in [0.717, 1.165) is 17.1 Å². The van der Waals surface area contributed by atoms with Crippen LogP contribution in [0.1, 0.15) is 18.3 Å². The molecule has 0 aliphatic carbocycles. The molecule has 0 amide bonds. The van der Waals surface area contributed by atoms with Crippen molar-refractivity contribution < 1.29 is 14.9 Å². The lowest BCUT2D eigenvalue weighted by Gasteiger charge is -2.26. The number of aryl methyl sites for hydroxylation is 1. The third-order valence-corrected chi connectivity index (χ3v) is 2.61. The van der Waals surface area contributed by atoms with Crippen molar-refractivity contribution in [3.63, 3.8) is 0 Å². The molecule has 0 saturated carbocycles. The Bertz CT molecular complexity index is 365. The molecular formula is C12H20N2O3. The summed E-state index contributed by atoms with van der Waals surface area (Å²) in [5.41, 5.74) is 0.990. The molecule has 0 unspecified atom stereocenters. The zero-order chi connectivity index (χ0) is 12.9. The van der Waals surface area contributed by atoms with Crippen LogP contribution in [0.5, 0.6) is 5.75 Å². The highest BCUT2D eigenvalue weighted by atomic mass is 16.5. The van der Waals surface area contributed by atoms with Gasteiger partial charge in [0.1, 0.15) is 5.75 Å². The van der Waals surface area contributed by atoms with E-state index in [9.17, 15) is 0 Å². The summed E-state index contributed by atoms with van der Waals surface area (Å²) in [6, 6.07) is 3.68. The molecule has 1 aromatic rings. The highest BCUT2D eigenvalue weighted by Crippen LogP contribution is 2.14. The van der Waals surface area contributed by atoms with Crippen molar-refractivity contribution >= 4 is 0 Å². The maximum atomic E-state index is 9.15. The zero-order valence-electron chi connectivity index (χ0n) is 10.5. The summed E-state index contributed by atoms with van der Waals surface area (Å²) in [6.07, 6.45) is 0. The number of methoxy groups -OCH3 is 1. The van der Waals surface area contributed by atoms with Crippen molar-refractivity contribution in [3.8, 4) is 5.75 Å². The van der Waals surface area contributed by atoms with Crippen LogP contribution in [0.3, 0.4) is 0 Å². The van der Waals surface area contributed by atoms with Gasteiger partial charge in [-0.15, -0.1) is 0 Å². The van der Waals surface area contributed by atoms with Crippen molar-refractivity contribution in [2.75, 3.05) is 20.3 Å². The molecule has 0 saturated heterocycles. The molecule has 0 spiro atoms. The van der Waals surface area contributed by atoms with Gasteiger partial charge in [-0.1, -0.05) is 0 Å². The van der Waals surface area contributed by atoms with Gasteiger partial charge in [-0.05, 0) is 13.8 Å². The highest BCUT2D eigenvalue weighted by molar-refractivity contribution is 5.26. The first kappa shape index (κ1) is 13.9. The number of rotatable bonds is 6. The van der Waals surface area contributed by atoms with Gasteiger partial charge in [-0.2, -0.15) is 0 Å². The first-order valence-corrected chi connectivity index (χ1v) is 5.51. The highest BCUT2D eigenvalue weighted by Gasteiger charge is 2.21. The zero-order valence-corrected chi connectivity index (χ0v) is 10.5. The number of nitrogens with zero attached hydrogens (tertiary/aromatic N) is 1. The minimum atomic E-state index is -0.696. The Kier molecular flexibility index (Phi) is 4.86. The van der Waals surface area contributed by atoms with Crippen molar-refractivity contribution in [1.29, 1.82) is 0 Å². The summed E-state index contributed by atoms with van der Waals surface area (Å²) in [4.78, 5) is 4.35. The number of hydrogen-bond acceptors (Lipinski definition) is 5. The fourth-order valence-corrected chi connectivity index (χ4v) is 1.38. The van der Waals surface area contributed by atoms with E-state index in [4.69, 9.17) is 14.9 Å². The summed E-state index contributed by atoms with van der Waals surface area (Å²) in [6.45, 7) is 3.85. The maximum absolute atomic E-state index is 9.15. The van der Waals surface area contributed by atoms with Crippen LogP contribution in [0.15, 0.2) is 12.1 Å². The summed E-state index contributed by atoms with van der Waals surface area (Å²) in [7, 11) is 1.61. The monoisotopic (exact) mass is 240 g/mol. The number of aliphatic hydroxyl groups is 2. The Balaban J connectivity index is 2.72. The van der Waals surface area contributed by atoms with Crippen LogP contribution in [0.25, 0.3) is 0 Å². The van der Waals surface area contributed by atoms with Crippen molar-refractivity contribution in [3.05, 3.63) is 23.5 Å². The molecule has 0 atom stereocenters. The minimum Gasteiger partial charge on any atom is -0.497 e. The fraction of sp³-hybridized carbons (Fsp3) is 0.583. The molecule has 1 aromatic heterocycles. The van der Waals surface area contributed by atoms with Crippen LogP contribution in [0.4, 0.5) is 0 Å². The lowest BCUT2D eigenvalue weighted by Crippen LogP contribution is -2.48. The van der Waals surface area contributed by atoms with E-state index in [2.05, 4.69) is 10.3 Å². The molecular weight excluding hydrogens is 220 g/mol. The Labute approximate surface area is 101 Å². The van der Waals surface area contributed by atoms with Gasteiger partial charge in [-0.25, -0.2) is 0 Å². The Hall–Kier alpha value is -1.17. The first-order valence-electron chi connectivity index (χ1n) is 5.51. The summed E-state index contributed by atoms with van der Waals surface area (Å²) >= 11 is 0. The minimum absolute atomic E-state index is 0.132. The Morgan fingerprint density at radius 1 is 1.35 bits per heavy atom. The van der Waals surface area contributed by atoms with Crippen LogP contribution in [-0.2, 0) is 6.54 Å². The Morgan fingerprint density at radius 3 is 2.53 bits per heavy atom. The molecule has 0 bridgehead atoms. The second-order valence-corrected chi connectivity index (χ2v) is 4.37. The van der Waals surface area contributed by atoms with E-state index in [1.54, 1.807) is 14.0 Å². The Morgan fingerprint density at radius 2 is 2.00 bits per heavy atom. The summed E-state index contributed by atoms with van der Waals surface area (Å²) in [5.74, 6) is 0.754. The van der Waals surface area contributed by atoms with E-state index in [-0.39, 0.29) is 13.2 Å². The second-order valence-electron chi connectivity index (χ2n) is 4.37. The van der Waals surface area contributed by atoms with Crippen LogP contribution in [0.2, 0.25) is 0 Å². The number of pyridine rings is 1. The normalized spacial score (nSPS) is 11.6. The topological polar surface area (TPSA) is 74.6 Å². The van der Waals surface area contributed by atoms with E-state index >= 15 is 0 Å². The van der Waals surface area contributed by atoms with Crippen molar-refractivity contribution in [1.82, 2.24) is 10.3 Å². The second kappa shape index (κ2) is 5.95. The first-order chi connectivity index (χ1) is 8.03. The lowest BCUT2D eigenvalue weighted by atomic mass is 10.1. The molecule has 0 aliphatic heterocycles. The molecule has 3 N–H and O–H groups in total. The van der Waals surface area contributed by atoms with Gasteiger partial charge < -0.3 is 20.3 Å². The molecule has 5 nitrogen and oxygen atoms in total. The average molecular weight is 240 g/mol. The number of aromatic nitrogens is 1. The molecule has 96 valence electrons. The van der Waals surface area contributed by atoms with Gasteiger partial charge in [0.2, 0.25) is 0 Å². The number of aliphatic hydroxyl groups excluding tert-OH is 2. The molecule has 17 heavy (non-hydrogen) atoms. The van der Waals surface area contributed by atoms with Crippen LogP contribution in [-0.4, -0.2) is 41.1 Å². The van der Waals surface area contributed by atoms with Crippen molar-refractivity contribution in [2.24, 2.45) is 0 Å². The van der Waals surface area contributed by atoms with Gasteiger partial charge in [0.05, 0.1) is 31.6 Å². The van der Waals surface area contributed by atoms with Crippen LogP contribution >= 0.6 is 0 Å². The summed E-state index contributed by atoms with van der Waals surface area (Å²) < 4.78 is 5.15. The van der Waals surface area contributed by atoms with E-state index in [1.807, 2.05) is 19.1 Å². The van der Waals surface area contributed by atoms with Gasteiger partial charge in [0.15, 0.2) is 0 Å². The number of hydrogen-bond donors (Lipinski definition) is 3. The smallest absolute Gasteiger partial charge is 0.122 e. The predicted octanol–water partition coefficient (Wildman–Crippen LogP) is 0.232. The van der Waals surface area contributed by atoms with Gasteiger partial charge >= 0.3 is 0 Å². The molecule has 0 radical (unpaired) electrons. The molecule has 5 heteroatoms. The predicted molar refractivity (Wildman–Crippen MR) is 64.9 cm³/mol. The molecule has 0 fully saturated rings. The van der Waals surface area contributed by atoms with Gasteiger partial charge in [0.25, 0.3) is 0 Å². The van der Waals surface area contributed by atoms with E-state index in [1.165, 1.54) is 0 Å². The molecule has 0 aromatic carbocycles. The standard InChI is InChI=1S/C12H20N2O3/c1-9-4-11(17-3)5-10(14-9)6-13-12(2,7-15)8-16/h4-5,13,15-16H,6-8H2,1-3H3. The molecule has 1 rings (SSSR count). The lowest BCUT2D eigenvalue weighted by molar-refractivity contribution is 0.103. The SMILES string of the molecule is COc1cc(C)nc(CNC(C)(CO)CO)c1. The van der Waals surface area contributed by atoms with Gasteiger partial charge in [0, 0.05) is 24.4 Å². The number of ether oxygens (including phenoxy) is 1. The van der Waals surface area contributed by atoms with Crippen LogP contribution < -0.4 is 10.1 Å². The average Bonchev–Trinajstić information content (AvgIpc) is 2.35. The third kappa shape index (κ3) is 3.96. The summed E-state index contributed by atoms with van der Waals surface area (Å²) in [5, 5.41) is 21.4. The van der Waals surface area contributed by atoms with Crippen molar-refractivity contribution in [2.45, 2.75) is 25.9 Å². The van der Waals surface area contributed by atoms with E-state index < -0.39 is 5.54 Å². The largest absolute Gasteiger partial charge is 0.497 e. The number of nitrogens with one attached hydrogen (secondary N) is 1. The molecule has 1 heterocycles. The van der Waals surface area contributed by atoms with E-state index in [0.29, 0.717) is 6.54 Å². The maximum Gasteiger partial charge on any atom is 0.122 e. The molecule has 0 aliphatic rings. The fourth-order valence-electron chi connectivity index (χ4n) is 1.38.